The van der Waals surface area contributed by atoms with E-state index in [-0.39, 0.29) is 5.91 Å². The molecule has 1 aromatic heterocycles. The molecule has 0 saturated carbocycles. The van der Waals surface area contributed by atoms with Gasteiger partial charge in [0.15, 0.2) is 0 Å². The van der Waals surface area contributed by atoms with Crippen LogP contribution in [0.5, 0.6) is 0 Å². The molecular weight excluding hydrogens is 312 g/mol. The Morgan fingerprint density at radius 1 is 1.20 bits per heavy atom. The van der Waals surface area contributed by atoms with Gasteiger partial charge in [0, 0.05) is 38.1 Å². The van der Waals surface area contributed by atoms with Crippen LogP contribution in [0.15, 0.2) is 18.3 Å². The molecule has 0 aliphatic carbocycles. The number of nitrogens with zero attached hydrogens (tertiary/aromatic N) is 4. The summed E-state index contributed by atoms with van der Waals surface area (Å²) in [5, 5.41) is 0. The van der Waals surface area contributed by atoms with Gasteiger partial charge in [0.25, 0.3) is 5.91 Å². The van der Waals surface area contributed by atoms with E-state index in [4.69, 9.17) is 0 Å². The summed E-state index contributed by atoms with van der Waals surface area (Å²) in [7, 11) is 4.27. The Morgan fingerprint density at radius 2 is 1.96 bits per heavy atom. The first kappa shape index (κ1) is 18.3. The van der Waals surface area contributed by atoms with Crippen LogP contribution in [0.2, 0.25) is 0 Å². The lowest BCUT2D eigenvalue weighted by atomic mass is 9.72. The van der Waals surface area contributed by atoms with Crippen LogP contribution in [-0.2, 0) is 0 Å². The van der Waals surface area contributed by atoms with E-state index in [1.54, 1.807) is 6.20 Å². The van der Waals surface area contributed by atoms with Crippen molar-refractivity contribution in [3.05, 3.63) is 29.6 Å². The summed E-state index contributed by atoms with van der Waals surface area (Å²) in [6.07, 6.45) is 6.56. The van der Waals surface area contributed by atoms with Crippen LogP contribution in [-0.4, -0.2) is 79.0 Å². The van der Waals surface area contributed by atoms with Gasteiger partial charge in [0.1, 0.15) is 0 Å². The number of hydrogen-bond acceptors (Lipinski definition) is 4. The highest BCUT2D eigenvalue weighted by Gasteiger charge is 2.39. The van der Waals surface area contributed by atoms with Gasteiger partial charge >= 0.3 is 0 Å². The lowest BCUT2D eigenvalue weighted by molar-refractivity contribution is 0.0204. The van der Waals surface area contributed by atoms with Crippen LogP contribution >= 0.6 is 0 Å². The first-order valence-corrected chi connectivity index (χ1v) is 9.56. The van der Waals surface area contributed by atoms with Crippen molar-refractivity contribution in [2.24, 2.45) is 5.41 Å². The maximum atomic E-state index is 12.8. The lowest BCUT2D eigenvalue weighted by Crippen LogP contribution is -2.51. The van der Waals surface area contributed by atoms with E-state index in [0.717, 1.165) is 43.9 Å². The van der Waals surface area contributed by atoms with Gasteiger partial charge in [0.05, 0.1) is 5.56 Å². The molecule has 2 saturated heterocycles. The van der Waals surface area contributed by atoms with Gasteiger partial charge in [-0.15, -0.1) is 0 Å². The van der Waals surface area contributed by atoms with Gasteiger partial charge in [-0.05, 0) is 77.3 Å². The molecule has 1 aromatic rings. The number of likely N-dealkylation sites (tertiary alicyclic amines) is 2. The number of hydrogen-bond donors (Lipinski definition) is 0. The molecule has 0 aromatic carbocycles. The SMILES string of the molecule is Cc1ccc(C(=O)N2CCCC3(CCN(CCN(C)C)CC3)C2)cn1. The number of carbonyl (C=O) groups excluding carboxylic acids is 1. The number of piperidine rings is 2. The summed E-state index contributed by atoms with van der Waals surface area (Å²) in [5.74, 6) is 0.154. The Kier molecular flexibility index (Phi) is 5.74. The summed E-state index contributed by atoms with van der Waals surface area (Å²) >= 11 is 0. The molecule has 2 aliphatic rings. The smallest absolute Gasteiger partial charge is 0.255 e. The highest BCUT2D eigenvalue weighted by atomic mass is 16.2. The van der Waals surface area contributed by atoms with Gasteiger partial charge in [-0.1, -0.05) is 0 Å². The number of amides is 1. The molecule has 0 radical (unpaired) electrons. The normalized spacial score (nSPS) is 21.0. The molecule has 3 heterocycles. The molecule has 0 unspecified atom stereocenters. The molecule has 25 heavy (non-hydrogen) atoms. The van der Waals surface area contributed by atoms with Crippen molar-refractivity contribution in [1.82, 2.24) is 19.7 Å². The minimum absolute atomic E-state index is 0.154. The molecule has 2 aliphatic heterocycles. The predicted molar refractivity (Wildman–Crippen MR) is 101 cm³/mol. The van der Waals surface area contributed by atoms with Gasteiger partial charge < -0.3 is 14.7 Å². The van der Waals surface area contributed by atoms with Crippen LogP contribution in [0, 0.1) is 12.3 Å². The van der Waals surface area contributed by atoms with Crippen molar-refractivity contribution < 1.29 is 4.79 Å². The zero-order chi connectivity index (χ0) is 17.9. The molecule has 1 spiro atoms. The predicted octanol–water partition coefficient (Wildman–Crippen LogP) is 2.27. The Labute approximate surface area is 152 Å². The first-order valence-electron chi connectivity index (χ1n) is 9.56. The second-order valence-electron chi connectivity index (χ2n) is 8.16. The number of pyridine rings is 1. The van der Waals surface area contributed by atoms with E-state index in [0.29, 0.717) is 5.41 Å². The Bertz CT molecular complexity index is 576. The van der Waals surface area contributed by atoms with E-state index in [1.807, 2.05) is 19.1 Å². The summed E-state index contributed by atoms with van der Waals surface area (Å²) in [6, 6.07) is 3.84. The van der Waals surface area contributed by atoms with Gasteiger partial charge in [-0.25, -0.2) is 0 Å². The van der Waals surface area contributed by atoms with Gasteiger partial charge in [-0.3, -0.25) is 9.78 Å². The Hall–Kier alpha value is -1.46. The number of likely N-dealkylation sites (N-methyl/N-ethyl adjacent to an activating group) is 1. The molecule has 2 fully saturated rings. The Morgan fingerprint density at radius 3 is 2.60 bits per heavy atom. The van der Waals surface area contributed by atoms with Crippen molar-refractivity contribution in [3.63, 3.8) is 0 Å². The molecular formula is C20H32N4O. The second kappa shape index (κ2) is 7.83. The molecule has 0 bridgehead atoms. The molecule has 3 rings (SSSR count). The maximum Gasteiger partial charge on any atom is 0.255 e. The summed E-state index contributed by atoms with van der Waals surface area (Å²) < 4.78 is 0. The molecule has 5 heteroatoms. The van der Waals surface area contributed by atoms with Crippen LogP contribution < -0.4 is 0 Å². The van der Waals surface area contributed by atoms with Crippen molar-refractivity contribution >= 4 is 5.91 Å². The summed E-state index contributed by atoms with van der Waals surface area (Å²) in [6.45, 7) is 8.37. The zero-order valence-electron chi connectivity index (χ0n) is 16.0. The third kappa shape index (κ3) is 4.59. The van der Waals surface area contributed by atoms with E-state index in [2.05, 4.69) is 33.8 Å². The van der Waals surface area contributed by atoms with Crippen molar-refractivity contribution in [2.45, 2.75) is 32.6 Å². The third-order valence-electron chi connectivity index (χ3n) is 5.89. The second-order valence-corrected chi connectivity index (χ2v) is 8.16. The first-order chi connectivity index (χ1) is 12.0. The Balaban J connectivity index is 1.58. The van der Waals surface area contributed by atoms with E-state index < -0.39 is 0 Å². The third-order valence-corrected chi connectivity index (χ3v) is 5.89. The standard InChI is InChI=1S/C20H32N4O/c1-17-5-6-18(15-21-17)19(25)24-10-4-7-20(16-24)8-11-23(12-9-20)14-13-22(2)3/h5-6,15H,4,7-14,16H2,1-3H3. The molecule has 0 N–H and O–H groups in total. The van der Waals surface area contributed by atoms with E-state index >= 15 is 0 Å². The maximum absolute atomic E-state index is 12.8. The average Bonchev–Trinajstić information content (AvgIpc) is 2.61. The zero-order valence-corrected chi connectivity index (χ0v) is 16.0. The summed E-state index contributed by atoms with van der Waals surface area (Å²) in [4.78, 5) is 24.0. The largest absolute Gasteiger partial charge is 0.338 e. The fraction of sp³-hybridized carbons (Fsp3) is 0.700. The van der Waals surface area contributed by atoms with Crippen molar-refractivity contribution in [1.29, 1.82) is 0 Å². The van der Waals surface area contributed by atoms with Crippen LogP contribution in [0.25, 0.3) is 0 Å². The highest BCUT2D eigenvalue weighted by Crippen LogP contribution is 2.40. The van der Waals surface area contributed by atoms with Crippen molar-refractivity contribution in [2.75, 3.05) is 53.4 Å². The number of rotatable bonds is 4. The van der Waals surface area contributed by atoms with Gasteiger partial charge in [0.2, 0.25) is 0 Å². The van der Waals surface area contributed by atoms with E-state index in [9.17, 15) is 4.79 Å². The molecule has 0 atom stereocenters. The monoisotopic (exact) mass is 344 g/mol. The average molecular weight is 345 g/mol. The minimum atomic E-state index is 0.154. The fourth-order valence-corrected chi connectivity index (χ4v) is 4.16. The molecule has 1 amide bonds. The minimum Gasteiger partial charge on any atom is -0.338 e. The topological polar surface area (TPSA) is 39.7 Å². The van der Waals surface area contributed by atoms with Crippen LogP contribution in [0.4, 0.5) is 0 Å². The van der Waals surface area contributed by atoms with Crippen LogP contribution in [0.3, 0.4) is 0 Å². The number of carbonyl (C=O) groups is 1. The number of aryl methyl sites for hydroxylation is 1. The number of aromatic nitrogens is 1. The van der Waals surface area contributed by atoms with E-state index in [1.165, 1.54) is 32.4 Å². The molecule has 138 valence electrons. The molecule has 5 nitrogen and oxygen atoms in total. The fourth-order valence-electron chi connectivity index (χ4n) is 4.16. The van der Waals surface area contributed by atoms with Crippen LogP contribution in [0.1, 0.15) is 41.7 Å². The lowest BCUT2D eigenvalue weighted by Gasteiger charge is -2.47. The van der Waals surface area contributed by atoms with Crippen molar-refractivity contribution in [3.8, 4) is 0 Å². The van der Waals surface area contributed by atoms with Gasteiger partial charge in [-0.2, -0.15) is 0 Å². The highest BCUT2D eigenvalue weighted by molar-refractivity contribution is 5.94. The quantitative estimate of drug-likeness (QED) is 0.840. The summed E-state index contributed by atoms with van der Waals surface area (Å²) in [5.41, 5.74) is 2.02.